The van der Waals surface area contributed by atoms with Crippen molar-refractivity contribution in [3.05, 3.63) is 131 Å². The lowest BCUT2D eigenvalue weighted by Crippen LogP contribution is -2.41. The van der Waals surface area contributed by atoms with Gasteiger partial charge in [0.15, 0.2) is 6.29 Å². The lowest BCUT2D eigenvalue weighted by molar-refractivity contribution is -0.268. The van der Waals surface area contributed by atoms with Gasteiger partial charge in [-0.15, -0.1) is 11.8 Å². The second-order valence-corrected chi connectivity index (χ2v) is 13.3. The van der Waals surface area contributed by atoms with Gasteiger partial charge in [-0.25, -0.2) is 14.6 Å². The highest BCUT2D eigenvalue weighted by molar-refractivity contribution is 7.99. The maximum atomic E-state index is 13.1. The fraction of sp³-hybridized carbons (Fsp3) is 0.289. The van der Waals surface area contributed by atoms with Crippen molar-refractivity contribution in [1.82, 2.24) is 15.2 Å². The Kier molecular flexibility index (Phi) is 11.4. The molecule has 13 heteroatoms. The number of aliphatic hydroxyl groups is 1. The molecule has 5 atom stereocenters. The number of amides is 3. The van der Waals surface area contributed by atoms with Crippen molar-refractivity contribution >= 4 is 35.6 Å². The first-order chi connectivity index (χ1) is 24.7. The van der Waals surface area contributed by atoms with Crippen LogP contribution in [0.1, 0.15) is 63.9 Å². The molecule has 3 heterocycles. The second kappa shape index (κ2) is 16.3. The maximum absolute atomic E-state index is 13.1. The fourth-order valence-corrected chi connectivity index (χ4v) is 7.12. The molecule has 2 aliphatic heterocycles. The van der Waals surface area contributed by atoms with Gasteiger partial charge >= 0.3 is 12.1 Å². The van der Waals surface area contributed by atoms with Crippen molar-refractivity contribution in [1.29, 1.82) is 0 Å². The zero-order chi connectivity index (χ0) is 35.9. The molecule has 12 nitrogen and oxygen atoms in total. The highest BCUT2D eigenvalue weighted by atomic mass is 32.2. The van der Waals surface area contributed by atoms with Gasteiger partial charge in [-0.1, -0.05) is 85.8 Å². The number of hydrogen-bond donors (Lipinski definition) is 3. The molecule has 2 aliphatic rings. The molecule has 1 aromatic heterocycles. The lowest BCUT2D eigenvalue weighted by atomic mass is 9.91. The molecule has 3 N–H and O–H groups in total. The minimum absolute atomic E-state index is 0.0215. The zero-order valence-electron chi connectivity index (χ0n) is 27.7. The molecule has 51 heavy (non-hydrogen) atoms. The number of alkyl carbamates (subject to hydrolysis) is 1. The Labute approximate surface area is 298 Å². The quantitative estimate of drug-likeness (QED) is 0.127. The van der Waals surface area contributed by atoms with Crippen LogP contribution in [0, 0.1) is 5.92 Å². The monoisotopic (exact) mass is 711 g/mol. The largest absolute Gasteiger partial charge is 0.478 e. The number of carbonyl (C=O) groups excluding carboxylic acids is 3. The van der Waals surface area contributed by atoms with E-state index in [9.17, 15) is 29.4 Å². The number of pyridine rings is 1. The van der Waals surface area contributed by atoms with Gasteiger partial charge in [0.2, 0.25) is 5.91 Å². The number of aromatic nitrogens is 1. The summed E-state index contributed by atoms with van der Waals surface area (Å²) in [5, 5.41) is 22.1. The Morgan fingerprint density at radius 3 is 2.33 bits per heavy atom. The summed E-state index contributed by atoms with van der Waals surface area (Å²) in [6, 6.07) is 25.9. The zero-order valence-corrected chi connectivity index (χ0v) is 28.5. The van der Waals surface area contributed by atoms with Crippen molar-refractivity contribution < 1.29 is 43.6 Å². The minimum Gasteiger partial charge on any atom is -0.478 e. The van der Waals surface area contributed by atoms with Gasteiger partial charge in [0, 0.05) is 23.4 Å². The molecule has 3 aromatic carbocycles. The molecule has 0 bridgehead atoms. The predicted octanol–water partition coefficient (Wildman–Crippen LogP) is 5.41. The first-order valence-electron chi connectivity index (χ1n) is 16.4. The maximum Gasteiger partial charge on any atom is 0.408 e. The summed E-state index contributed by atoms with van der Waals surface area (Å²) in [5.74, 6) is -1.69. The number of aromatic carboxylic acids is 1. The number of thioether (sulfide) groups is 1. The van der Waals surface area contributed by atoms with Gasteiger partial charge in [-0.3, -0.25) is 14.5 Å². The van der Waals surface area contributed by atoms with Crippen molar-refractivity contribution in [2.75, 3.05) is 5.75 Å². The van der Waals surface area contributed by atoms with Crippen LogP contribution in [-0.4, -0.2) is 61.9 Å². The summed E-state index contributed by atoms with van der Waals surface area (Å²) >= 11 is 1.30. The van der Waals surface area contributed by atoms with E-state index in [1.54, 1.807) is 24.4 Å². The molecule has 2 fully saturated rings. The van der Waals surface area contributed by atoms with E-state index >= 15 is 0 Å². The molecule has 1 unspecified atom stereocenters. The third-order valence-electron chi connectivity index (χ3n) is 8.85. The van der Waals surface area contributed by atoms with Crippen LogP contribution in [0.5, 0.6) is 0 Å². The van der Waals surface area contributed by atoms with Gasteiger partial charge in [0.05, 0.1) is 37.3 Å². The molecule has 0 spiro atoms. The van der Waals surface area contributed by atoms with E-state index in [2.05, 4.69) is 10.3 Å². The Hall–Kier alpha value is -5.08. The first kappa shape index (κ1) is 35.7. The molecular weight excluding hydrogens is 674 g/mol. The summed E-state index contributed by atoms with van der Waals surface area (Å²) in [6.07, 6.45) is -0.904. The van der Waals surface area contributed by atoms with Crippen LogP contribution in [0.4, 0.5) is 4.79 Å². The van der Waals surface area contributed by atoms with E-state index in [0.29, 0.717) is 21.9 Å². The van der Waals surface area contributed by atoms with Crippen molar-refractivity contribution in [2.45, 2.75) is 62.7 Å². The van der Waals surface area contributed by atoms with Crippen molar-refractivity contribution in [3.8, 4) is 0 Å². The van der Waals surface area contributed by atoms with E-state index in [-0.39, 0.29) is 49.9 Å². The number of carbonyl (C=O) groups is 4. The van der Waals surface area contributed by atoms with E-state index in [4.69, 9.17) is 14.2 Å². The standard InChI is InChI=1S/C38H37N3O9S/c1-23-31(22-51-34-29(36(45)46)8-5-17-39-34)49-37(50-33(23)27-13-11-25(20-42)12-14-27)28-15-9-24(10-16-28)19-41-32(43)18-30(35(41)44)40-38(47)48-21-26-6-3-2-4-7-26/h2-17,23,30-31,33,37,42H,18-22H2,1H3,(H,40,47)(H,45,46)/t23-,30?,31+,33+,37+/m0/s1. The molecule has 0 aliphatic carbocycles. The number of hydrogen-bond acceptors (Lipinski definition) is 10. The summed E-state index contributed by atoms with van der Waals surface area (Å²) in [5.41, 5.74) is 3.99. The normalized spacial score (nSPS) is 21.8. The predicted molar refractivity (Wildman–Crippen MR) is 185 cm³/mol. The molecular formula is C38H37N3O9S. The Morgan fingerprint density at radius 2 is 1.63 bits per heavy atom. The second-order valence-electron chi connectivity index (χ2n) is 12.3. The fourth-order valence-electron chi connectivity index (χ4n) is 5.97. The number of benzene rings is 3. The van der Waals surface area contributed by atoms with Crippen LogP contribution in [0.3, 0.4) is 0 Å². The molecule has 6 rings (SSSR count). The third-order valence-corrected chi connectivity index (χ3v) is 9.94. The van der Waals surface area contributed by atoms with Crippen LogP contribution in [0.2, 0.25) is 0 Å². The smallest absolute Gasteiger partial charge is 0.408 e. The topological polar surface area (TPSA) is 165 Å². The number of carboxylic acids is 1. The van der Waals surface area contributed by atoms with Crippen LogP contribution >= 0.6 is 11.8 Å². The van der Waals surface area contributed by atoms with E-state index in [0.717, 1.165) is 21.6 Å². The number of nitrogens with one attached hydrogen (secondary N) is 1. The Morgan fingerprint density at radius 1 is 0.922 bits per heavy atom. The number of nitrogens with zero attached hydrogens (tertiary/aromatic N) is 2. The molecule has 264 valence electrons. The van der Waals surface area contributed by atoms with E-state index < -0.39 is 36.2 Å². The SMILES string of the molecule is C[C@H]1[C@@H](CSc2ncccc2C(=O)O)O[C@@H](c2ccc(CN3C(=O)CC(NC(=O)OCc4ccccc4)C3=O)cc2)O[C@H]1c1ccc(CO)cc1. The average molecular weight is 712 g/mol. The van der Waals surface area contributed by atoms with Crippen molar-refractivity contribution in [2.24, 2.45) is 5.92 Å². The summed E-state index contributed by atoms with van der Waals surface area (Å²) in [4.78, 5) is 55.4. The number of carboxylic acid groups (broad SMARTS) is 1. The van der Waals surface area contributed by atoms with Crippen LogP contribution < -0.4 is 5.32 Å². The highest BCUT2D eigenvalue weighted by Crippen LogP contribution is 2.43. The molecule has 2 saturated heterocycles. The number of ether oxygens (including phenoxy) is 3. The Bertz CT molecular complexity index is 1860. The highest BCUT2D eigenvalue weighted by Gasteiger charge is 2.41. The number of rotatable bonds is 12. The lowest BCUT2D eigenvalue weighted by Gasteiger charge is -2.41. The summed E-state index contributed by atoms with van der Waals surface area (Å²) in [7, 11) is 0. The van der Waals surface area contributed by atoms with Crippen molar-refractivity contribution in [3.63, 3.8) is 0 Å². The summed E-state index contributed by atoms with van der Waals surface area (Å²) in [6.45, 7) is 1.99. The third kappa shape index (κ3) is 8.63. The molecule has 3 amide bonds. The van der Waals surface area contributed by atoms with E-state index in [1.165, 1.54) is 17.8 Å². The van der Waals surface area contributed by atoms with Gasteiger partial charge in [-0.05, 0) is 34.4 Å². The number of aliphatic hydroxyl groups excluding tert-OH is 1. The molecule has 0 radical (unpaired) electrons. The van der Waals surface area contributed by atoms with Gasteiger partial charge in [-0.2, -0.15) is 0 Å². The molecule has 4 aromatic rings. The van der Waals surface area contributed by atoms with Gasteiger partial charge in [0.1, 0.15) is 17.7 Å². The van der Waals surface area contributed by atoms with Crippen LogP contribution in [0.25, 0.3) is 0 Å². The van der Waals surface area contributed by atoms with Crippen LogP contribution in [0.15, 0.2) is 102 Å². The summed E-state index contributed by atoms with van der Waals surface area (Å²) < 4.78 is 18.2. The van der Waals surface area contributed by atoms with E-state index in [1.807, 2.05) is 73.7 Å². The number of likely N-dealkylation sites (tertiary alicyclic amines) is 1. The van der Waals surface area contributed by atoms with Gasteiger partial charge in [0.25, 0.3) is 5.91 Å². The minimum atomic E-state index is -1.06. The average Bonchev–Trinajstić information content (AvgIpc) is 3.41. The van der Waals surface area contributed by atoms with Gasteiger partial charge < -0.3 is 29.7 Å². The first-order valence-corrected chi connectivity index (χ1v) is 17.4. The molecule has 0 saturated carbocycles. The Balaban J connectivity index is 1.12. The van der Waals surface area contributed by atoms with Crippen LogP contribution in [-0.2, 0) is 43.6 Å². The number of imide groups is 1.